The monoisotopic (exact) mass is 1530 g/mol. The number of hydrogen-bond donors (Lipinski definition) is 0. The first-order valence-corrected chi connectivity index (χ1v) is 42.1. The molecule has 0 saturated carbocycles. The van der Waals surface area contributed by atoms with E-state index in [0.717, 1.165) is 95.3 Å². The molecule has 20 aromatic rings. The van der Waals surface area contributed by atoms with Crippen molar-refractivity contribution in [3.05, 3.63) is 350 Å². The van der Waals surface area contributed by atoms with E-state index in [1.807, 2.05) is 0 Å². The van der Waals surface area contributed by atoms with Crippen molar-refractivity contribution in [2.24, 2.45) is 0 Å². The molecule has 0 aliphatic carbocycles. The fraction of sp³-hybridized carbons (Fsp3) is 0.142. The summed E-state index contributed by atoms with van der Waals surface area (Å²) < 4.78 is 0. The highest BCUT2D eigenvalue weighted by atomic mass is 15.2. The van der Waals surface area contributed by atoms with Crippen molar-refractivity contribution in [2.45, 2.75) is 105 Å². The zero-order chi connectivity index (χ0) is 80.9. The van der Waals surface area contributed by atoms with Gasteiger partial charge in [0.05, 0.1) is 0 Å². The Balaban J connectivity index is 0.944. The molecule has 0 fully saturated rings. The van der Waals surface area contributed by atoms with Crippen LogP contribution in [0.3, 0.4) is 0 Å². The van der Waals surface area contributed by atoms with Crippen molar-refractivity contribution in [1.29, 1.82) is 0 Å². The lowest BCUT2D eigenvalue weighted by Crippen LogP contribution is -2.62. The van der Waals surface area contributed by atoms with Gasteiger partial charge < -0.3 is 9.80 Å². The van der Waals surface area contributed by atoms with Gasteiger partial charge in [-0.1, -0.05) is 326 Å². The summed E-state index contributed by atoms with van der Waals surface area (Å²) in [5.41, 5.74) is 25.7. The molecule has 570 valence electrons. The zero-order valence-corrected chi connectivity index (χ0v) is 69.5. The minimum atomic E-state index is -0.347. The van der Waals surface area contributed by atoms with Gasteiger partial charge in [-0.3, -0.25) is 0 Å². The van der Waals surface area contributed by atoms with Gasteiger partial charge in [0.2, 0.25) is 0 Å². The van der Waals surface area contributed by atoms with Gasteiger partial charge in [0.25, 0.3) is 6.71 Å². The van der Waals surface area contributed by atoms with E-state index < -0.39 is 0 Å². The normalized spacial score (nSPS) is 13.2. The molecule has 2 aliphatic rings. The van der Waals surface area contributed by atoms with Crippen molar-refractivity contribution in [1.82, 2.24) is 15.0 Å². The summed E-state index contributed by atoms with van der Waals surface area (Å²) in [4.78, 5) is 23.4. The number of hydrogen-bond acceptors (Lipinski definition) is 5. The smallest absolute Gasteiger partial charge is 0.253 e. The predicted octanol–water partition coefficient (Wildman–Crippen LogP) is 28.9. The second kappa shape index (κ2) is 26.5. The fourth-order valence-corrected chi connectivity index (χ4v) is 19.8. The van der Waals surface area contributed by atoms with Crippen LogP contribution in [0.5, 0.6) is 0 Å². The van der Waals surface area contributed by atoms with Crippen molar-refractivity contribution in [2.75, 3.05) is 9.80 Å². The van der Waals surface area contributed by atoms with Crippen molar-refractivity contribution < 1.29 is 0 Å². The minimum Gasteiger partial charge on any atom is -0.311 e. The largest absolute Gasteiger partial charge is 0.311 e. The molecule has 0 radical (unpaired) electrons. The summed E-state index contributed by atoms with van der Waals surface area (Å²) in [5.74, 6) is 1.68. The van der Waals surface area contributed by atoms with E-state index in [9.17, 15) is 0 Å². The van der Waals surface area contributed by atoms with Crippen LogP contribution in [0.2, 0.25) is 0 Å². The highest BCUT2D eigenvalue weighted by Gasteiger charge is 2.47. The maximum absolute atomic E-state index is 6.06. The number of fused-ring (bicyclic) bond motifs is 10. The highest BCUT2D eigenvalue weighted by Crippen LogP contribution is 2.54. The fourth-order valence-electron chi connectivity index (χ4n) is 19.8. The Morgan fingerprint density at radius 3 is 0.756 bits per heavy atom. The molecule has 0 N–H and O–H groups in total. The van der Waals surface area contributed by atoms with E-state index in [1.54, 1.807) is 0 Å². The molecule has 6 heteroatoms. The third-order valence-electron chi connectivity index (χ3n) is 25.8. The van der Waals surface area contributed by atoms with Gasteiger partial charge in [0, 0.05) is 50.8 Å². The van der Waals surface area contributed by atoms with Crippen LogP contribution in [0, 0.1) is 0 Å². The summed E-state index contributed by atoms with van der Waals surface area (Å²) >= 11 is 0. The average Bonchev–Trinajstić information content (AvgIpc) is 0.669. The van der Waals surface area contributed by atoms with E-state index in [4.69, 9.17) is 15.0 Å². The molecule has 19 aromatic carbocycles. The molecule has 5 nitrogen and oxygen atoms in total. The standard InChI is InChI=1S/C113H90BN5/c1-110(2,3)80-59-81(111(4,5)6)62-84(61-80)118-96-57-79(109-116-107(77-53-73(67-31-17-13-18-32-67)51-74(54-77)68-33-19-14-20-34-68)115-108(117-109)78-55-75(69-35-21-15-22-36-69)52-76(56-78)70-37-23-16-24-38-70)58-97-106(96)114(104-92-49-29-47-88-86-43-25-39-71-41-27-45-90(100(71)86)94(102(88)92)65-98(104)118)105-93-50-30-48-89-87-44-26-40-72-42-28-46-91(101(72)87)95(103(89)93)66-99(105)119(97)85-63-82(112(7,8)9)60-83(64-85)113(10,11)12/h13-66H,1-12H3. The molecule has 0 bridgehead atoms. The predicted molar refractivity (Wildman–Crippen MR) is 509 cm³/mol. The first kappa shape index (κ1) is 72.0. The Labute approximate surface area is 696 Å². The number of nitrogens with zero attached hydrogens (tertiary/aromatic N) is 5. The Kier molecular flexibility index (Phi) is 16.0. The SMILES string of the molecule is CC(C)(C)c1cc(N2c3cc(-c4nc(-c5cc(-c6ccccc6)cc(-c6ccccc6)c5)nc(-c5cc(-c6ccccc6)cc(-c6ccccc6)c5)n4)cc4c3B(c3c2cc2c5cccc6cccc(c7cccc3c72)c65)c2c(cc3c5cccc6cccc(c7cccc2c73)c65)N4c2cc(C(C)(C)C)cc(C(C)(C)C)c2)cc(C(C)(C)C)c1. The third kappa shape index (κ3) is 11.7. The van der Waals surface area contributed by atoms with Crippen LogP contribution in [0.15, 0.2) is 328 Å². The number of anilines is 6. The second-order valence-corrected chi connectivity index (χ2v) is 37.5. The van der Waals surface area contributed by atoms with Crippen molar-refractivity contribution >= 4 is 143 Å². The molecule has 0 saturated heterocycles. The Bertz CT molecular complexity index is 6940. The number of aromatic nitrogens is 3. The molecule has 0 unspecified atom stereocenters. The summed E-state index contributed by atoms with van der Waals surface area (Å²) in [5, 5.41) is 20.1. The average molecular weight is 1530 g/mol. The minimum absolute atomic E-state index is 0.239. The number of benzene rings is 19. The van der Waals surface area contributed by atoms with Crippen LogP contribution in [-0.2, 0) is 21.7 Å². The lowest BCUT2D eigenvalue weighted by molar-refractivity contribution is 0.568. The van der Waals surface area contributed by atoms with Gasteiger partial charge in [-0.15, -0.1) is 0 Å². The molecule has 2 aliphatic heterocycles. The highest BCUT2D eigenvalue weighted by molar-refractivity contribution is 7.03. The van der Waals surface area contributed by atoms with E-state index in [1.165, 1.54) is 125 Å². The molecule has 1 aromatic heterocycles. The van der Waals surface area contributed by atoms with Crippen LogP contribution in [-0.4, -0.2) is 21.7 Å². The molecule has 119 heavy (non-hydrogen) atoms. The van der Waals surface area contributed by atoms with Crippen LogP contribution in [0.25, 0.3) is 165 Å². The molecular weight excluding hydrogens is 1440 g/mol. The molecule has 0 amide bonds. The van der Waals surface area contributed by atoms with Crippen LogP contribution in [0.1, 0.15) is 105 Å². The summed E-state index contributed by atoms with van der Waals surface area (Å²) in [6, 6.07) is 124. The first-order valence-electron chi connectivity index (χ1n) is 42.1. The lowest BCUT2D eigenvalue weighted by Gasteiger charge is -2.46. The topological polar surface area (TPSA) is 45.2 Å². The maximum Gasteiger partial charge on any atom is 0.253 e. The van der Waals surface area contributed by atoms with Gasteiger partial charge >= 0.3 is 0 Å². The summed E-state index contributed by atoms with van der Waals surface area (Å²) in [6.45, 7) is 28.1. The van der Waals surface area contributed by atoms with Crippen LogP contribution in [0.4, 0.5) is 34.1 Å². The second-order valence-electron chi connectivity index (χ2n) is 37.5. The van der Waals surface area contributed by atoms with Gasteiger partial charge in [-0.2, -0.15) is 0 Å². The zero-order valence-electron chi connectivity index (χ0n) is 69.5. The van der Waals surface area contributed by atoms with Gasteiger partial charge in [-0.05, 0) is 276 Å². The molecule has 0 spiro atoms. The van der Waals surface area contributed by atoms with Crippen LogP contribution >= 0.6 is 0 Å². The van der Waals surface area contributed by atoms with Crippen LogP contribution < -0.4 is 26.2 Å². The summed E-state index contributed by atoms with van der Waals surface area (Å²) in [6.07, 6.45) is 0. The van der Waals surface area contributed by atoms with Gasteiger partial charge in [0.15, 0.2) is 17.5 Å². The first-order chi connectivity index (χ1) is 57.5. The quantitative estimate of drug-likeness (QED) is 0.0819. The Hall–Kier alpha value is -13.5. The lowest BCUT2D eigenvalue weighted by atomic mass is 9.32. The molecule has 22 rings (SSSR count). The van der Waals surface area contributed by atoms with E-state index in [2.05, 4.69) is 420 Å². The Morgan fingerprint density at radius 1 is 0.202 bits per heavy atom. The number of rotatable bonds is 9. The van der Waals surface area contributed by atoms with Crippen molar-refractivity contribution in [3.8, 4) is 78.7 Å². The Morgan fingerprint density at radius 2 is 0.454 bits per heavy atom. The molecule has 0 atom stereocenters. The van der Waals surface area contributed by atoms with E-state index in [-0.39, 0.29) is 28.4 Å². The van der Waals surface area contributed by atoms with Gasteiger partial charge in [-0.25, -0.2) is 15.0 Å². The third-order valence-corrected chi connectivity index (χ3v) is 25.8. The van der Waals surface area contributed by atoms with Crippen molar-refractivity contribution in [3.63, 3.8) is 0 Å². The van der Waals surface area contributed by atoms with Gasteiger partial charge in [0.1, 0.15) is 0 Å². The van der Waals surface area contributed by atoms with E-state index in [0.29, 0.717) is 17.5 Å². The molecular formula is C113H90BN5. The molecule has 3 heterocycles. The maximum atomic E-state index is 6.06. The summed E-state index contributed by atoms with van der Waals surface area (Å²) in [7, 11) is 0. The van der Waals surface area contributed by atoms with E-state index >= 15 is 0 Å².